The van der Waals surface area contributed by atoms with Crippen molar-refractivity contribution in [1.82, 2.24) is 9.80 Å². The zero-order valence-electron chi connectivity index (χ0n) is 17.7. The first-order valence-corrected chi connectivity index (χ1v) is 10.5. The second-order valence-corrected chi connectivity index (χ2v) is 8.36. The SMILES string of the molecule is C=C(C#N)CN1Cc2c(cccc2-c2cccc(NC(=O)C3CCN(C)CC3)c2)C1=O. The molecule has 0 radical (unpaired) electrons. The molecule has 2 amide bonds. The van der Waals surface area contributed by atoms with Crippen molar-refractivity contribution in [2.24, 2.45) is 5.92 Å². The van der Waals surface area contributed by atoms with Crippen LogP contribution in [0.2, 0.25) is 0 Å². The Morgan fingerprint density at radius 2 is 1.90 bits per heavy atom. The van der Waals surface area contributed by atoms with Crippen LogP contribution in [0.3, 0.4) is 0 Å². The number of nitrogens with zero attached hydrogens (tertiary/aromatic N) is 3. The zero-order chi connectivity index (χ0) is 22.0. The molecule has 6 nitrogen and oxygen atoms in total. The van der Waals surface area contributed by atoms with Crippen LogP contribution >= 0.6 is 0 Å². The quantitative estimate of drug-likeness (QED) is 0.758. The Balaban J connectivity index is 1.55. The Labute approximate surface area is 182 Å². The minimum Gasteiger partial charge on any atom is -0.329 e. The number of hydrogen-bond acceptors (Lipinski definition) is 4. The Hall–Kier alpha value is -3.43. The molecule has 0 aromatic heterocycles. The highest BCUT2D eigenvalue weighted by Gasteiger charge is 2.30. The third-order valence-corrected chi connectivity index (χ3v) is 6.11. The molecule has 4 rings (SSSR count). The predicted octanol–water partition coefficient (Wildman–Crippen LogP) is 3.67. The van der Waals surface area contributed by atoms with Crippen LogP contribution in [-0.2, 0) is 11.3 Å². The Morgan fingerprint density at radius 3 is 2.65 bits per heavy atom. The first-order valence-electron chi connectivity index (χ1n) is 10.5. The van der Waals surface area contributed by atoms with E-state index >= 15 is 0 Å². The number of carbonyl (C=O) groups excluding carboxylic acids is 2. The van der Waals surface area contributed by atoms with Gasteiger partial charge in [0.1, 0.15) is 0 Å². The molecular formula is C25H26N4O2. The van der Waals surface area contributed by atoms with Gasteiger partial charge in [-0.15, -0.1) is 0 Å². The highest BCUT2D eigenvalue weighted by molar-refractivity contribution is 6.01. The van der Waals surface area contributed by atoms with E-state index in [1.165, 1.54) is 0 Å². The normalized spacial score (nSPS) is 16.6. The van der Waals surface area contributed by atoms with Crippen LogP contribution in [0.1, 0.15) is 28.8 Å². The summed E-state index contributed by atoms with van der Waals surface area (Å²) in [6, 6.07) is 15.5. The summed E-state index contributed by atoms with van der Waals surface area (Å²) in [4.78, 5) is 29.4. The number of fused-ring (bicyclic) bond motifs is 1. The van der Waals surface area contributed by atoms with Crippen molar-refractivity contribution in [1.29, 1.82) is 5.26 Å². The summed E-state index contributed by atoms with van der Waals surface area (Å²) in [5, 5.41) is 12.1. The monoisotopic (exact) mass is 414 g/mol. The summed E-state index contributed by atoms with van der Waals surface area (Å²) in [6.45, 7) is 6.26. The fourth-order valence-corrected chi connectivity index (χ4v) is 4.33. The molecule has 2 heterocycles. The Bertz CT molecular complexity index is 1080. The molecule has 2 aromatic carbocycles. The van der Waals surface area contributed by atoms with Crippen LogP contribution in [0, 0.1) is 17.2 Å². The molecule has 1 N–H and O–H groups in total. The van der Waals surface area contributed by atoms with Gasteiger partial charge in [-0.25, -0.2) is 0 Å². The molecule has 31 heavy (non-hydrogen) atoms. The first-order chi connectivity index (χ1) is 15.0. The summed E-state index contributed by atoms with van der Waals surface area (Å²) in [5.41, 5.74) is 4.64. The summed E-state index contributed by atoms with van der Waals surface area (Å²) in [6.07, 6.45) is 1.75. The summed E-state index contributed by atoms with van der Waals surface area (Å²) >= 11 is 0. The number of rotatable bonds is 5. The van der Waals surface area contributed by atoms with Crippen molar-refractivity contribution in [2.75, 3.05) is 32.0 Å². The van der Waals surface area contributed by atoms with Gasteiger partial charge in [-0.1, -0.05) is 30.8 Å². The molecule has 6 heteroatoms. The maximum absolute atomic E-state index is 12.8. The average molecular weight is 415 g/mol. The highest BCUT2D eigenvalue weighted by atomic mass is 16.2. The minimum atomic E-state index is -0.0834. The number of hydrogen-bond donors (Lipinski definition) is 1. The van der Waals surface area contributed by atoms with Crippen LogP contribution < -0.4 is 5.32 Å². The Kier molecular flexibility index (Phi) is 5.88. The van der Waals surface area contributed by atoms with Gasteiger partial charge in [-0.2, -0.15) is 5.26 Å². The average Bonchev–Trinajstić information content (AvgIpc) is 3.09. The van der Waals surface area contributed by atoms with Gasteiger partial charge >= 0.3 is 0 Å². The smallest absolute Gasteiger partial charge is 0.254 e. The molecule has 0 spiro atoms. The van der Waals surface area contributed by atoms with Crippen molar-refractivity contribution in [3.05, 3.63) is 65.7 Å². The van der Waals surface area contributed by atoms with E-state index in [1.54, 1.807) is 4.90 Å². The second-order valence-electron chi connectivity index (χ2n) is 8.36. The standard InChI is InChI=1S/C25H26N4O2/c1-17(14-26)15-29-16-23-21(7-4-8-22(23)25(29)31)19-5-3-6-20(13-19)27-24(30)18-9-11-28(2)12-10-18/h3-8,13,18H,1,9-12,15-16H2,2H3,(H,27,30). The van der Waals surface area contributed by atoms with Crippen molar-refractivity contribution < 1.29 is 9.59 Å². The molecule has 2 aliphatic heterocycles. The molecule has 2 aliphatic rings. The van der Waals surface area contributed by atoms with E-state index in [0.29, 0.717) is 17.7 Å². The number of carbonyl (C=O) groups is 2. The maximum Gasteiger partial charge on any atom is 0.254 e. The number of amides is 2. The number of anilines is 1. The van der Waals surface area contributed by atoms with Crippen LogP contribution in [-0.4, -0.2) is 48.3 Å². The number of benzene rings is 2. The van der Waals surface area contributed by atoms with Crippen LogP contribution in [0.15, 0.2) is 54.6 Å². The lowest BCUT2D eigenvalue weighted by molar-refractivity contribution is -0.121. The van der Waals surface area contributed by atoms with E-state index in [1.807, 2.05) is 48.5 Å². The van der Waals surface area contributed by atoms with Gasteiger partial charge in [0.25, 0.3) is 5.91 Å². The molecule has 158 valence electrons. The predicted molar refractivity (Wildman–Crippen MR) is 120 cm³/mol. The summed E-state index contributed by atoms with van der Waals surface area (Å²) in [5.74, 6) is 0.0279. The number of nitrogens with one attached hydrogen (secondary N) is 1. The van der Waals surface area contributed by atoms with E-state index in [2.05, 4.69) is 23.8 Å². The Morgan fingerprint density at radius 1 is 1.19 bits per heavy atom. The minimum absolute atomic E-state index is 0.0419. The number of nitriles is 1. The van der Waals surface area contributed by atoms with Crippen molar-refractivity contribution in [3.63, 3.8) is 0 Å². The van der Waals surface area contributed by atoms with Crippen LogP contribution in [0.5, 0.6) is 0 Å². The molecule has 0 unspecified atom stereocenters. The fourth-order valence-electron chi connectivity index (χ4n) is 4.33. The third kappa shape index (κ3) is 4.37. The second kappa shape index (κ2) is 8.75. The number of piperidine rings is 1. The highest BCUT2D eigenvalue weighted by Crippen LogP contribution is 2.34. The van der Waals surface area contributed by atoms with Gasteiger partial charge in [0.05, 0.1) is 12.6 Å². The van der Waals surface area contributed by atoms with E-state index in [4.69, 9.17) is 5.26 Å². The van der Waals surface area contributed by atoms with Gasteiger partial charge in [0, 0.05) is 29.3 Å². The van der Waals surface area contributed by atoms with E-state index in [9.17, 15) is 9.59 Å². The van der Waals surface area contributed by atoms with Gasteiger partial charge in [0.15, 0.2) is 0 Å². The van der Waals surface area contributed by atoms with Gasteiger partial charge in [0.2, 0.25) is 5.91 Å². The van der Waals surface area contributed by atoms with Gasteiger partial charge in [-0.3, -0.25) is 9.59 Å². The lowest BCUT2D eigenvalue weighted by Crippen LogP contribution is -2.35. The van der Waals surface area contributed by atoms with E-state index in [-0.39, 0.29) is 24.3 Å². The largest absolute Gasteiger partial charge is 0.329 e. The van der Waals surface area contributed by atoms with E-state index < -0.39 is 0 Å². The van der Waals surface area contributed by atoms with E-state index in [0.717, 1.165) is 48.3 Å². The molecule has 2 aromatic rings. The third-order valence-electron chi connectivity index (χ3n) is 6.11. The van der Waals surface area contributed by atoms with Crippen molar-refractivity contribution in [3.8, 4) is 17.2 Å². The molecule has 0 bridgehead atoms. The summed E-state index contributed by atoms with van der Waals surface area (Å²) in [7, 11) is 2.08. The molecule has 0 aliphatic carbocycles. The topological polar surface area (TPSA) is 76.4 Å². The molecular weight excluding hydrogens is 388 g/mol. The van der Waals surface area contributed by atoms with Gasteiger partial charge < -0.3 is 15.1 Å². The molecule has 1 saturated heterocycles. The zero-order valence-corrected chi connectivity index (χ0v) is 17.7. The summed E-state index contributed by atoms with van der Waals surface area (Å²) < 4.78 is 0. The first kappa shape index (κ1) is 20.8. The van der Waals surface area contributed by atoms with Gasteiger partial charge in [-0.05, 0) is 67.9 Å². The van der Waals surface area contributed by atoms with Crippen molar-refractivity contribution in [2.45, 2.75) is 19.4 Å². The fraction of sp³-hybridized carbons (Fsp3) is 0.320. The van der Waals surface area contributed by atoms with Crippen LogP contribution in [0.4, 0.5) is 5.69 Å². The molecule has 1 fully saturated rings. The lowest BCUT2D eigenvalue weighted by Gasteiger charge is -2.28. The molecule has 0 saturated carbocycles. The lowest BCUT2D eigenvalue weighted by atomic mass is 9.95. The van der Waals surface area contributed by atoms with Crippen LogP contribution in [0.25, 0.3) is 11.1 Å². The molecule has 0 atom stereocenters. The number of likely N-dealkylation sites (tertiary alicyclic amines) is 1. The van der Waals surface area contributed by atoms with Crippen molar-refractivity contribution >= 4 is 17.5 Å². The maximum atomic E-state index is 12.8.